The molecular weight excluding hydrogens is 87.5 g/mol. The predicted octanol–water partition coefficient (Wildman–Crippen LogP) is -2.57. The van der Waals surface area contributed by atoms with Crippen LogP contribution in [-0.4, -0.2) is 21.3 Å². The van der Waals surface area contributed by atoms with E-state index < -0.39 is 0 Å². The Hall–Kier alpha value is 0.250. The van der Waals surface area contributed by atoms with Crippen LogP contribution in [0.15, 0.2) is 0 Å². The maximum atomic E-state index is 2.58. The van der Waals surface area contributed by atoms with Crippen LogP contribution in [-0.2, 0) is 4.37 Å². The molecule has 5 heavy (non-hydrogen) atoms. The summed E-state index contributed by atoms with van der Waals surface area (Å²) in [7, 11) is 5.75. The Bertz CT molecular complexity index is 11.6. The second-order valence-electron chi connectivity index (χ2n) is 1.22. The second kappa shape index (κ2) is 4.25. The van der Waals surface area contributed by atoms with Gasteiger partial charge < -0.3 is 16.8 Å². The van der Waals surface area contributed by atoms with Crippen molar-refractivity contribution in [1.82, 2.24) is 0 Å². The Balaban J connectivity index is 0. The molecule has 0 saturated carbocycles. The lowest BCUT2D eigenvalue weighted by Gasteiger charge is -1.90. The molecule has 0 N–H and O–H groups in total. The maximum Gasteiger partial charge on any atom is 0.135 e. The lowest BCUT2D eigenvalue weighted by atomic mass is 11.4. The van der Waals surface area contributed by atoms with Gasteiger partial charge in [0.05, 0.1) is 0 Å². The minimum atomic E-state index is 0. The smallest absolute Gasteiger partial charge is 0.135 e. The average Bonchev–Trinajstić information content (AvgIpc) is 0.811. The van der Waals surface area contributed by atoms with Gasteiger partial charge in [-0.1, -0.05) is 0 Å². The molecule has 0 atom stereocenters. The van der Waals surface area contributed by atoms with E-state index in [1.807, 2.05) is 21.3 Å². The maximum absolute atomic E-state index is 2.58. The molecule has 0 aromatic heterocycles. The molecule has 0 aliphatic carbocycles. The van der Waals surface area contributed by atoms with Crippen molar-refractivity contribution in [2.24, 2.45) is 0 Å². The lowest BCUT2D eigenvalue weighted by molar-refractivity contribution is -0.00282. The fourth-order valence-electron chi connectivity index (χ4n) is 0. The summed E-state index contributed by atoms with van der Waals surface area (Å²) in [6.07, 6.45) is 0. The summed E-state index contributed by atoms with van der Waals surface area (Å²) >= 11 is 0. The van der Waals surface area contributed by atoms with Crippen molar-refractivity contribution in [2.75, 3.05) is 21.3 Å². The summed E-state index contributed by atoms with van der Waals surface area (Å²) in [6, 6.07) is 0. The van der Waals surface area contributed by atoms with E-state index in [1.54, 1.807) is 0 Å². The fourth-order valence-corrected chi connectivity index (χ4v) is 0. The molecule has 0 aromatic rings. The first-order valence-corrected chi connectivity index (χ1v) is 1.22. The second-order valence-corrected chi connectivity index (χ2v) is 1.22. The molecule has 0 aromatic carbocycles. The van der Waals surface area contributed by atoms with Gasteiger partial charge in [-0.25, -0.2) is 0 Å². The van der Waals surface area contributed by atoms with Gasteiger partial charge in [0.25, 0.3) is 0 Å². The fraction of sp³-hybridized carbons (Fsp3) is 1.00. The minimum absolute atomic E-state index is 0. The molecule has 0 radical (unpaired) electrons. The minimum Gasteiger partial charge on any atom is -1.00 e. The van der Waals surface area contributed by atoms with Crippen LogP contribution in [0.25, 0.3) is 0 Å². The van der Waals surface area contributed by atoms with Crippen LogP contribution in [0, 0.1) is 0 Å². The van der Waals surface area contributed by atoms with Gasteiger partial charge in [-0.05, 0) is 0 Å². The summed E-state index contributed by atoms with van der Waals surface area (Å²) in [4.78, 5) is 0. The third kappa shape index (κ3) is 344. The summed E-state index contributed by atoms with van der Waals surface area (Å²) in [5.74, 6) is 0. The molecule has 0 rings (SSSR count). The summed E-state index contributed by atoms with van der Waals surface area (Å²) in [5.41, 5.74) is 0. The standard InChI is InChI=1S/C3H9O.ClH/c1-4(2)3;/h1-3H3;1H/q+1;/p-1. The van der Waals surface area contributed by atoms with Gasteiger partial charge >= 0.3 is 0 Å². The van der Waals surface area contributed by atoms with E-state index in [4.69, 9.17) is 0 Å². The summed E-state index contributed by atoms with van der Waals surface area (Å²) in [5, 5.41) is 0. The summed E-state index contributed by atoms with van der Waals surface area (Å²) < 4.78 is 2.58. The zero-order chi connectivity index (χ0) is 3.58. The van der Waals surface area contributed by atoms with E-state index in [9.17, 15) is 0 Å². The van der Waals surface area contributed by atoms with E-state index >= 15 is 0 Å². The third-order valence-corrected chi connectivity index (χ3v) is 0. The van der Waals surface area contributed by atoms with E-state index in [-0.39, 0.29) is 12.4 Å². The van der Waals surface area contributed by atoms with Gasteiger partial charge in [0.15, 0.2) is 0 Å². The van der Waals surface area contributed by atoms with Gasteiger partial charge in [0.1, 0.15) is 21.3 Å². The molecule has 0 aliphatic rings. The van der Waals surface area contributed by atoms with E-state index in [0.29, 0.717) is 0 Å². The highest BCUT2D eigenvalue weighted by Gasteiger charge is 1.61. The lowest BCUT2D eigenvalue weighted by Crippen LogP contribution is -3.00. The Morgan fingerprint density at radius 3 is 1.00 bits per heavy atom. The summed E-state index contributed by atoms with van der Waals surface area (Å²) in [6.45, 7) is 0. The SMILES string of the molecule is C[O+](C)C.[Cl-]. The van der Waals surface area contributed by atoms with Crippen LogP contribution in [0.4, 0.5) is 0 Å². The zero-order valence-corrected chi connectivity index (χ0v) is 4.54. The van der Waals surface area contributed by atoms with Gasteiger partial charge in [0.2, 0.25) is 0 Å². The number of rotatable bonds is 0. The first-order valence-electron chi connectivity index (χ1n) is 1.22. The van der Waals surface area contributed by atoms with E-state index in [2.05, 4.69) is 4.37 Å². The molecule has 0 spiro atoms. The number of halogens is 1. The van der Waals surface area contributed by atoms with Crippen molar-refractivity contribution >= 4 is 0 Å². The average molecular weight is 96.6 g/mol. The zero-order valence-electron chi connectivity index (χ0n) is 3.79. The third-order valence-electron chi connectivity index (χ3n) is 0. The Kier molecular flexibility index (Phi) is 7.63. The molecule has 0 heterocycles. The Morgan fingerprint density at radius 2 is 1.00 bits per heavy atom. The topological polar surface area (TPSA) is 2.70 Å². The van der Waals surface area contributed by atoms with E-state index in [1.165, 1.54) is 0 Å². The molecule has 1 nitrogen and oxygen atoms in total. The van der Waals surface area contributed by atoms with Crippen LogP contribution < -0.4 is 12.4 Å². The highest BCUT2D eigenvalue weighted by Crippen LogP contribution is 1.60. The molecular formula is C3H9ClO. The molecule has 0 amide bonds. The molecule has 0 fully saturated rings. The Labute approximate surface area is 39.1 Å². The highest BCUT2D eigenvalue weighted by molar-refractivity contribution is 3.84. The van der Waals surface area contributed by atoms with Crippen LogP contribution in [0.2, 0.25) is 0 Å². The van der Waals surface area contributed by atoms with Crippen molar-refractivity contribution in [3.8, 4) is 0 Å². The van der Waals surface area contributed by atoms with Crippen LogP contribution in [0.1, 0.15) is 0 Å². The van der Waals surface area contributed by atoms with Crippen molar-refractivity contribution in [2.45, 2.75) is 0 Å². The highest BCUT2D eigenvalue weighted by atomic mass is 35.5. The molecule has 0 saturated heterocycles. The normalized spacial score (nSPS) is 7.20. The van der Waals surface area contributed by atoms with Gasteiger partial charge in [-0.3, -0.25) is 0 Å². The molecule has 34 valence electrons. The first kappa shape index (κ1) is 8.98. The van der Waals surface area contributed by atoms with Crippen LogP contribution in [0.5, 0.6) is 0 Å². The Morgan fingerprint density at radius 1 is 1.00 bits per heavy atom. The van der Waals surface area contributed by atoms with Gasteiger partial charge in [0, 0.05) is 0 Å². The van der Waals surface area contributed by atoms with Crippen molar-refractivity contribution in [3.05, 3.63) is 0 Å². The quantitative estimate of drug-likeness (QED) is 0.292. The van der Waals surface area contributed by atoms with Crippen LogP contribution >= 0.6 is 0 Å². The molecule has 0 aliphatic heterocycles. The van der Waals surface area contributed by atoms with Crippen LogP contribution in [0.3, 0.4) is 0 Å². The predicted molar refractivity (Wildman–Crippen MR) is 18.9 cm³/mol. The molecule has 0 bridgehead atoms. The van der Waals surface area contributed by atoms with E-state index in [0.717, 1.165) is 0 Å². The van der Waals surface area contributed by atoms with Gasteiger partial charge in [-0.15, -0.1) is 0 Å². The van der Waals surface area contributed by atoms with Crippen molar-refractivity contribution in [3.63, 3.8) is 0 Å². The van der Waals surface area contributed by atoms with Crippen molar-refractivity contribution < 1.29 is 16.8 Å². The van der Waals surface area contributed by atoms with Gasteiger partial charge in [-0.2, -0.15) is 0 Å². The largest absolute Gasteiger partial charge is 1.00 e. The van der Waals surface area contributed by atoms with Crippen molar-refractivity contribution in [1.29, 1.82) is 0 Å². The monoisotopic (exact) mass is 96.0 g/mol. The molecule has 0 unspecified atom stereocenters. The molecule has 2 heteroatoms. The first-order chi connectivity index (χ1) is 1.73. The number of hydrogen-bond donors (Lipinski definition) is 0. The number of hydrogen-bond acceptors (Lipinski definition) is 0.